The van der Waals surface area contributed by atoms with Crippen LogP contribution in [0.5, 0.6) is 0 Å². The number of amides is 2. The molecular weight excluding hydrogens is 266 g/mol. The van der Waals surface area contributed by atoms with E-state index in [0.29, 0.717) is 18.2 Å². The van der Waals surface area contributed by atoms with Gasteiger partial charge in [-0.15, -0.1) is 0 Å². The van der Waals surface area contributed by atoms with Crippen molar-refractivity contribution >= 4 is 23.2 Å². The summed E-state index contributed by atoms with van der Waals surface area (Å²) in [6, 6.07) is 5.93. The zero-order valence-corrected chi connectivity index (χ0v) is 13.2. The number of benzene rings is 1. The second-order valence-electron chi connectivity index (χ2n) is 5.47. The standard InChI is InChI=1S/C16H25N3O2/c1-11(2)17-9-5-6-16(21)19-14-8-7-12(3)15(10-14)18-13(4)20/h7-8,10-11,17H,5-6,9H2,1-4H3,(H,18,20)(H,19,21). The molecule has 0 radical (unpaired) electrons. The number of nitrogens with one attached hydrogen (secondary N) is 3. The summed E-state index contributed by atoms with van der Waals surface area (Å²) in [5.41, 5.74) is 2.39. The maximum atomic E-state index is 11.8. The Morgan fingerprint density at radius 3 is 2.52 bits per heavy atom. The van der Waals surface area contributed by atoms with Crippen molar-refractivity contribution < 1.29 is 9.59 Å². The molecule has 0 heterocycles. The van der Waals surface area contributed by atoms with E-state index in [4.69, 9.17) is 0 Å². The van der Waals surface area contributed by atoms with Crippen molar-refractivity contribution in [2.45, 2.75) is 46.6 Å². The lowest BCUT2D eigenvalue weighted by atomic mass is 10.1. The van der Waals surface area contributed by atoms with Crippen molar-refractivity contribution in [2.75, 3.05) is 17.2 Å². The van der Waals surface area contributed by atoms with E-state index in [1.807, 2.05) is 19.1 Å². The Bertz CT molecular complexity index is 498. The molecule has 0 fully saturated rings. The third-order valence-electron chi connectivity index (χ3n) is 2.97. The largest absolute Gasteiger partial charge is 0.326 e. The van der Waals surface area contributed by atoms with Crippen LogP contribution in [0.4, 0.5) is 11.4 Å². The molecule has 116 valence electrons. The van der Waals surface area contributed by atoms with Crippen LogP contribution in [-0.2, 0) is 9.59 Å². The van der Waals surface area contributed by atoms with Crippen molar-refractivity contribution in [3.63, 3.8) is 0 Å². The first-order chi connectivity index (χ1) is 9.88. The van der Waals surface area contributed by atoms with E-state index in [1.165, 1.54) is 6.92 Å². The van der Waals surface area contributed by atoms with Crippen LogP contribution in [0.25, 0.3) is 0 Å². The molecule has 0 unspecified atom stereocenters. The molecule has 5 heteroatoms. The minimum absolute atomic E-state index is 0.0156. The molecule has 1 aromatic rings. The highest BCUT2D eigenvalue weighted by Gasteiger charge is 2.06. The monoisotopic (exact) mass is 291 g/mol. The van der Waals surface area contributed by atoms with Crippen LogP contribution in [0.2, 0.25) is 0 Å². The van der Waals surface area contributed by atoms with Gasteiger partial charge in [0.1, 0.15) is 0 Å². The average molecular weight is 291 g/mol. The molecule has 3 N–H and O–H groups in total. The van der Waals surface area contributed by atoms with Crippen molar-refractivity contribution in [2.24, 2.45) is 0 Å². The van der Waals surface area contributed by atoms with Gasteiger partial charge in [0, 0.05) is 30.8 Å². The maximum Gasteiger partial charge on any atom is 0.224 e. The minimum Gasteiger partial charge on any atom is -0.326 e. The summed E-state index contributed by atoms with van der Waals surface area (Å²) in [7, 11) is 0. The first-order valence-corrected chi connectivity index (χ1v) is 7.30. The number of hydrogen-bond acceptors (Lipinski definition) is 3. The molecule has 21 heavy (non-hydrogen) atoms. The number of carbonyl (C=O) groups is 2. The Hall–Kier alpha value is -1.88. The molecule has 5 nitrogen and oxygen atoms in total. The summed E-state index contributed by atoms with van der Waals surface area (Å²) in [5, 5.41) is 8.88. The molecule has 0 aliphatic carbocycles. The Balaban J connectivity index is 2.50. The molecule has 0 bridgehead atoms. The van der Waals surface area contributed by atoms with E-state index < -0.39 is 0 Å². The highest BCUT2D eigenvalue weighted by Crippen LogP contribution is 2.20. The molecule has 1 aromatic carbocycles. The van der Waals surface area contributed by atoms with Crippen LogP contribution >= 0.6 is 0 Å². The van der Waals surface area contributed by atoms with Crippen LogP contribution in [0.1, 0.15) is 39.2 Å². The molecule has 1 rings (SSSR count). The topological polar surface area (TPSA) is 70.2 Å². The van der Waals surface area contributed by atoms with E-state index in [-0.39, 0.29) is 11.8 Å². The van der Waals surface area contributed by atoms with Crippen LogP contribution in [0.15, 0.2) is 18.2 Å². The molecule has 0 spiro atoms. The SMILES string of the molecule is CC(=O)Nc1cc(NC(=O)CCCNC(C)C)ccc1C. The molecule has 0 atom stereocenters. The second kappa shape index (κ2) is 8.42. The second-order valence-corrected chi connectivity index (χ2v) is 5.47. The smallest absolute Gasteiger partial charge is 0.224 e. The quantitative estimate of drug-likeness (QED) is 0.676. The van der Waals surface area contributed by atoms with Crippen molar-refractivity contribution in [3.8, 4) is 0 Å². The van der Waals surface area contributed by atoms with Gasteiger partial charge in [-0.3, -0.25) is 9.59 Å². The fourth-order valence-corrected chi connectivity index (χ4v) is 1.89. The maximum absolute atomic E-state index is 11.8. The van der Waals surface area contributed by atoms with Crippen molar-refractivity contribution in [3.05, 3.63) is 23.8 Å². The summed E-state index contributed by atoms with van der Waals surface area (Å²) in [6.07, 6.45) is 1.28. The summed E-state index contributed by atoms with van der Waals surface area (Å²) in [6.45, 7) is 8.36. The van der Waals surface area contributed by atoms with Crippen LogP contribution < -0.4 is 16.0 Å². The molecule has 0 aromatic heterocycles. The van der Waals surface area contributed by atoms with Crippen LogP contribution in [0, 0.1) is 6.92 Å². The molecule has 2 amide bonds. The Morgan fingerprint density at radius 1 is 1.19 bits per heavy atom. The van der Waals surface area contributed by atoms with Crippen molar-refractivity contribution in [1.29, 1.82) is 0 Å². The van der Waals surface area contributed by atoms with E-state index in [2.05, 4.69) is 29.8 Å². The van der Waals surface area contributed by atoms with Crippen LogP contribution in [-0.4, -0.2) is 24.4 Å². The van der Waals surface area contributed by atoms with Gasteiger partial charge >= 0.3 is 0 Å². The summed E-state index contributed by atoms with van der Waals surface area (Å²) in [4.78, 5) is 23.0. The number of rotatable bonds is 7. The fraction of sp³-hybridized carbons (Fsp3) is 0.500. The van der Waals surface area contributed by atoms with E-state index in [0.717, 1.165) is 24.2 Å². The van der Waals surface area contributed by atoms with Gasteiger partial charge in [-0.05, 0) is 37.6 Å². The first-order valence-electron chi connectivity index (χ1n) is 7.30. The van der Waals surface area contributed by atoms with Crippen molar-refractivity contribution in [1.82, 2.24) is 5.32 Å². The predicted octanol–water partition coefficient (Wildman–Crippen LogP) is 2.67. The first kappa shape index (κ1) is 17.2. The third-order valence-corrected chi connectivity index (χ3v) is 2.97. The normalized spacial score (nSPS) is 10.5. The lowest BCUT2D eigenvalue weighted by Gasteiger charge is -2.11. The number of anilines is 2. The lowest BCUT2D eigenvalue weighted by Crippen LogP contribution is -2.24. The van der Waals surface area contributed by atoms with Gasteiger partial charge in [0.15, 0.2) is 0 Å². The predicted molar refractivity (Wildman–Crippen MR) is 86.5 cm³/mol. The Morgan fingerprint density at radius 2 is 1.90 bits per heavy atom. The summed E-state index contributed by atoms with van der Waals surface area (Å²) < 4.78 is 0. The molecule has 0 aliphatic heterocycles. The Kier molecular flexibility index (Phi) is 6.88. The summed E-state index contributed by atoms with van der Waals surface area (Å²) >= 11 is 0. The van der Waals surface area contributed by atoms with Crippen LogP contribution in [0.3, 0.4) is 0 Å². The van der Waals surface area contributed by atoms with E-state index in [1.54, 1.807) is 6.07 Å². The minimum atomic E-state index is -0.124. The van der Waals surface area contributed by atoms with Gasteiger partial charge in [0.05, 0.1) is 0 Å². The summed E-state index contributed by atoms with van der Waals surface area (Å²) in [5.74, 6) is -0.139. The number of carbonyl (C=O) groups excluding carboxylic acids is 2. The Labute approximate surface area is 126 Å². The van der Waals surface area contributed by atoms with Gasteiger partial charge in [0.2, 0.25) is 11.8 Å². The van der Waals surface area contributed by atoms with Gasteiger partial charge in [-0.1, -0.05) is 19.9 Å². The highest BCUT2D eigenvalue weighted by atomic mass is 16.2. The molecule has 0 saturated heterocycles. The van der Waals surface area contributed by atoms with E-state index >= 15 is 0 Å². The average Bonchev–Trinajstić information content (AvgIpc) is 2.38. The van der Waals surface area contributed by atoms with E-state index in [9.17, 15) is 9.59 Å². The zero-order valence-electron chi connectivity index (χ0n) is 13.2. The zero-order chi connectivity index (χ0) is 15.8. The molecule has 0 aliphatic rings. The van der Waals surface area contributed by atoms with Gasteiger partial charge in [0.25, 0.3) is 0 Å². The molecule has 0 saturated carbocycles. The molecular formula is C16H25N3O2. The van der Waals surface area contributed by atoms with Gasteiger partial charge in [-0.2, -0.15) is 0 Å². The van der Waals surface area contributed by atoms with Gasteiger partial charge < -0.3 is 16.0 Å². The number of hydrogen-bond donors (Lipinski definition) is 3. The highest BCUT2D eigenvalue weighted by molar-refractivity contribution is 5.93. The lowest BCUT2D eigenvalue weighted by molar-refractivity contribution is -0.116. The number of aryl methyl sites for hydroxylation is 1. The fourth-order valence-electron chi connectivity index (χ4n) is 1.89. The third kappa shape index (κ3) is 6.90. The van der Waals surface area contributed by atoms with Gasteiger partial charge in [-0.25, -0.2) is 0 Å².